The summed E-state index contributed by atoms with van der Waals surface area (Å²) in [6, 6.07) is 0. The zero-order valence-corrected chi connectivity index (χ0v) is 17.6. The Bertz CT molecular complexity index is 322. The van der Waals surface area contributed by atoms with E-state index in [1.165, 1.54) is 39.0 Å². The maximum absolute atomic E-state index is 3.84. The molecular formula is C20H44N4. The molecular weight excluding hydrogens is 296 g/mol. The van der Waals surface area contributed by atoms with E-state index in [4.69, 9.17) is 0 Å². The molecule has 0 bridgehead atoms. The van der Waals surface area contributed by atoms with Crippen LogP contribution < -0.4 is 5.32 Å². The van der Waals surface area contributed by atoms with E-state index in [1.807, 2.05) is 0 Å². The number of rotatable bonds is 11. The standard InChI is InChI=1S/C20H44N4/c1-18(2)16-23(7)15-14-22(6)13-10-21-20(5)8-11-24(12-9-20)17-19(3)4/h18-19,21H,8-17H2,1-7H3. The van der Waals surface area contributed by atoms with Crippen LogP contribution in [0.4, 0.5) is 0 Å². The summed E-state index contributed by atoms with van der Waals surface area (Å²) in [6.07, 6.45) is 2.56. The summed E-state index contributed by atoms with van der Waals surface area (Å²) < 4.78 is 0. The Kier molecular flexibility index (Phi) is 9.80. The third kappa shape index (κ3) is 9.36. The molecule has 4 nitrogen and oxygen atoms in total. The summed E-state index contributed by atoms with van der Waals surface area (Å²) in [7, 11) is 4.48. The largest absolute Gasteiger partial charge is 0.310 e. The van der Waals surface area contributed by atoms with E-state index in [-0.39, 0.29) is 0 Å². The van der Waals surface area contributed by atoms with E-state index in [0.717, 1.165) is 38.0 Å². The van der Waals surface area contributed by atoms with Crippen molar-refractivity contribution in [3.8, 4) is 0 Å². The van der Waals surface area contributed by atoms with Crippen molar-refractivity contribution >= 4 is 0 Å². The van der Waals surface area contributed by atoms with Crippen molar-refractivity contribution in [2.45, 2.75) is 53.0 Å². The second kappa shape index (κ2) is 10.7. The minimum atomic E-state index is 0.336. The fraction of sp³-hybridized carbons (Fsp3) is 1.00. The molecule has 1 saturated heterocycles. The molecule has 0 atom stereocenters. The summed E-state index contributed by atoms with van der Waals surface area (Å²) in [5, 5.41) is 3.84. The van der Waals surface area contributed by atoms with Crippen LogP contribution in [0.1, 0.15) is 47.5 Å². The van der Waals surface area contributed by atoms with Gasteiger partial charge < -0.3 is 20.0 Å². The number of likely N-dealkylation sites (tertiary alicyclic amines) is 1. The van der Waals surface area contributed by atoms with Crippen molar-refractivity contribution in [2.75, 3.05) is 66.5 Å². The molecule has 0 aromatic carbocycles. The molecule has 0 spiro atoms. The average Bonchev–Trinajstić information content (AvgIpc) is 2.47. The first-order valence-electron chi connectivity index (χ1n) is 10.0. The predicted octanol–water partition coefficient (Wildman–Crippen LogP) is 2.61. The quantitative estimate of drug-likeness (QED) is 0.624. The molecule has 1 aliphatic rings. The van der Waals surface area contributed by atoms with Gasteiger partial charge in [0, 0.05) is 44.8 Å². The number of piperidine rings is 1. The highest BCUT2D eigenvalue weighted by molar-refractivity contribution is 4.89. The van der Waals surface area contributed by atoms with E-state index < -0.39 is 0 Å². The molecule has 0 radical (unpaired) electrons. The Labute approximate surface area is 151 Å². The first-order valence-corrected chi connectivity index (χ1v) is 10.0. The molecule has 144 valence electrons. The van der Waals surface area contributed by atoms with Gasteiger partial charge in [0.05, 0.1) is 0 Å². The highest BCUT2D eigenvalue weighted by Crippen LogP contribution is 2.22. The molecule has 0 aliphatic carbocycles. The summed E-state index contributed by atoms with van der Waals surface area (Å²) >= 11 is 0. The van der Waals surface area contributed by atoms with Crippen LogP contribution in [0.2, 0.25) is 0 Å². The van der Waals surface area contributed by atoms with Gasteiger partial charge in [0.15, 0.2) is 0 Å². The maximum atomic E-state index is 3.84. The van der Waals surface area contributed by atoms with Crippen molar-refractivity contribution < 1.29 is 0 Å². The Hall–Kier alpha value is -0.160. The Morgan fingerprint density at radius 1 is 0.917 bits per heavy atom. The lowest BCUT2D eigenvalue weighted by Gasteiger charge is -2.41. The van der Waals surface area contributed by atoms with Gasteiger partial charge in [-0.25, -0.2) is 0 Å². The molecule has 24 heavy (non-hydrogen) atoms. The van der Waals surface area contributed by atoms with Gasteiger partial charge in [-0.3, -0.25) is 0 Å². The van der Waals surface area contributed by atoms with Crippen LogP contribution in [0, 0.1) is 11.8 Å². The van der Waals surface area contributed by atoms with Crippen LogP contribution in [0.5, 0.6) is 0 Å². The fourth-order valence-corrected chi connectivity index (χ4v) is 3.64. The monoisotopic (exact) mass is 340 g/mol. The van der Waals surface area contributed by atoms with Gasteiger partial charge in [0.1, 0.15) is 0 Å². The lowest BCUT2D eigenvalue weighted by molar-refractivity contribution is 0.131. The normalized spacial score (nSPS) is 19.1. The van der Waals surface area contributed by atoms with Crippen LogP contribution in [0.3, 0.4) is 0 Å². The van der Waals surface area contributed by atoms with Crippen LogP contribution in [-0.2, 0) is 0 Å². The minimum Gasteiger partial charge on any atom is -0.310 e. The Balaban J connectivity index is 2.15. The van der Waals surface area contributed by atoms with Gasteiger partial charge in [-0.05, 0) is 58.8 Å². The molecule has 1 heterocycles. The fourth-order valence-electron chi connectivity index (χ4n) is 3.64. The van der Waals surface area contributed by atoms with Crippen LogP contribution >= 0.6 is 0 Å². The van der Waals surface area contributed by atoms with E-state index in [2.05, 4.69) is 68.7 Å². The first-order chi connectivity index (χ1) is 11.2. The van der Waals surface area contributed by atoms with Gasteiger partial charge >= 0.3 is 0 Å². The molecule has 1 N–H and O–H groups in total. The van der Waals surface area contributed by atoms with Crippen molar-refractivity contribution in [3.05, 3.63) is 0 Å². The van der Waals surface area contributed by atoms with Crippen molar-refractivity contribution in [1.29, 1.82) is 0 Å². The third-order valence-corrected chi connectivity index (χ3v) is 5.17. The number of hydrogen-bond donors (Lipinski definition) is 1. The van der Waals surface area contributed by atoms with E-state index in [1.54, 1.807) is 0 Å². The van der Waals surface area contributed by atoms with Gasteiger partial charge in [0.2, 0.25) is 0 Å². The van der Waals surface area contributed by atoms with Crippen LogP contribution in [0.25, 0.3) is 0 Å². The summed E-state index contributed by atoms with van der Waals surface area (Å²) in [5.74, 6) is 1.54. The van der Waals surface area contributed by atoms with Crippen molar-refractivity contribution in [2.24, 2.45) is 11.8 Å². The Morgan fingerprint density at radius 3 is 2.04 bits per heavy atom. The number of likely N-dealkylation sites (N-methyl/N-ethyl adjacent to an activating group) is 2. The third-order valence-electron chi connectivity index (χ3n) is 5.17. The SMILES string of the molecule is CC(C)CN(C)CCN(C)CCNC1(C)CCN(CC(C)C)CC1. The smallest absolute Gasteiger partial charge is 0.0178 e. The van der Waals surface area contributed by atoms with E-state index >= 15 is 0 Å². The van der Waals surface area contributed by atoms with Gasteiger partial charge in [-0.1, -0.05) is 27.7 Å². The number of nitrogens with zero attached hydrogens (tertiary/aromatic N) is 3. The molecule has 1 rings (SSSR count). The van der Waals surface area contributed by atoms with Crippen molar-refractivity contribution in [1.82, 2.24) is 20.0 Å². The lowest BCUT2D eigenvalue weighted by atomic mass is 9.89. The molecule has 1 aliphatic heterocycles. The molecule has 0 saturated carbocycles. The highest BCUT2D eigenvalue weighted by Gasteiger charge is 2.29. The van der Waals surface area contributed by atoms with Gasteiger partial charge in [-0.15, -0.1) is 0 Å². The number of hydrogen-bond acceptors (Lipinski definition) is 4. The molecule has 4 heteroatoms. The average molecular weight is 341 g/mol. The lowest BCUT2D eigenvalue weighted by Crippen LogP contribution is -2.53. The first kappa shape index (κ1) is 21.9. The molecule has 0 amide bonds. The highest BCUT2D eigenvalue weighted by atomic mass is 15.2. The molecule has 0 unspecified atom stereocenters. The molecule has 0 aromatic heterocycles. The van der Waals surface area contributed by atoms with Crippen molar-refractivity contribution in [3.63, 3.8) is 0 Å². The summed E-state index contributed by atoms with van der Waals surface area (Å²) in [4.78, 5) is 7.53. The molecule has 1 fully saturated rings. The maximum Gasteiger partial charge on any atom is 0.0178 e. The summed E-state index contributed by atoms with van der Waals surface area (Å²) in [5.41, 5.74) is 0.336. The van der Waals surface area contributed by atoms with Crippen LogP contribution in [-0.4, -0.2) is 86.7 Å². The summed E-state index contributed by atoms with van der Waals surface area (Å²) in [6.45, 7) is 21.1. The number of nitrogens with one attached hydrogen (secondary N) is 1. The Morgan fingerprint density at radius 2 is 1.50 bits per heavy atom. The van der Waals surface area contributed by atoms with Crippen LogP contribution in [0.15, 0.2) is 0 Å². The zero-order valence-electron chi connectivity index (χ0n) is 17.6. The zero-order chi connectivity index (χ0) is 18.2. The second-order valence-corrected chi connectivity index (χ2v) is 9.14. The molecule has 0 aromatic rings. The van der Waals surface area contributed by atoms with Gasteiger partial charge in [0.25, 0.3) is 0 Å². The minimum absolute atomic E-state index is 0.336. The second-order valence-electron chi connectivity index (χ2n) is 9.14. The predicted molar refractivity (Wildman–Crippen MR) is 107 cm³/mol. The topological polar surface area (TPSA) is 21.8 Å². The van der Waals surface area contributed by atoms with E-state index in [0.29, 0.717) is 5.54 Å². The van der Waals surface area contributed by atoms with Gasteiger partial charge in [-0.2, -0.15) is 0 Å². The van der Waals surface area contributed by atoms with E-state index in [9.17, 15) is 0 Å².